The first-order chi connectivity index (χ1) is 22.4. The van der Waals surface area contributed by atoms with Gasteiger partial charge in [-0.3, -0.25) is 19.1 Å². The molecule has 1 N–H and O–H groups in total. The summed E-state index contributed by atoms with van der Waals surface area (Å²) < 4.78 is 37.3. The largest absolute Gasteiger partial charge is 0.495 e. The average Bonchev–Trinajstić information content (AvgIpc) is 3.46. The van der Waals surface area contributed by atoms with Gasteiger partial charge in [0, 0.05) is 36.0 Å². The van der Waals surface area contributed by atoms with Crippen LogP contribution in [-0.2, 0) is 17.3 Å². The van der Waals surface area contributed by atoms with E-state index in [4.69, 9.17) is 4.74 Å². The van der Waals surface area contributed by atoms with E-state index in [1.54, 1.807) is 44.2 Å². The van der Waals surface area contributed by atoms with Gasteiger partial charge in [0.25, 0.3) is 17.7 Å². The van der Waals surface area contributed by atoms with Gasteiger partial charge < -0.3 is 24.8 Å². The lowest BCUT2D eigenvalue weighted by Gasteiger charge is -2.38. The van der Waals surface area contributed by atoms with Gasteiger partial charge in [0.2, 0.25) is 5.91 Å². The summed E-state index contributed by atoms with van der Waals surface area (Å²) in [5.41, 5.74) is 0.448. The molecule has 1 aliphatic heterocycles. The second-order valence-electron chi connectivity index (χ2n) is 11.4. The maximum absolute atomic E-state index is 15.3. The number of nitrogens with zero attached hydrogens (tertiary/aromatic N) is 6. The van der Waals surface area contributed by atoms with Crippen LogP contribution in [0.25, 0.3) is 0 Å². The number of anilines is 2. The SMILES string of the molecule is COc1ccc(C(=O)Nc2cnn3c2C(=O)N(c2ccc(C(F)(F)c4ccccc4)cc2)[C@@H](CN(C)C(=O)CN(C)C)C3)cc1C#N. The van der Waals surface area contributed by atoms with E-state index in [2.05, 4.69) is 10.4 Å². The minimum atomic E-state index is -3.27. The number of rotatable bonds is 10. The zero-order valence-electron chi connectivity index (χ0n) is 26.3. The molecule has 0 bridgehead atoms. The van der Waals surface area contributed by atoms with Gasteiger partial charge in [-0.15, -0.1) is 0 Å². The number of benzene rings is 3. The van der Waals surface area contributed by atoms with Gasteiger partial charge in [-0.05, 0) is 44.4 Å². The molecule has 0 saturated heterocycles. The van der Waals surface area contributed by atoms with Crippen molar-refractivity contribution < 1.29 is 27.9 Å². The number of nitrogens with one attached hydrogen (secondary N) is 1. The van der Waals surface area contributed by atoms with E-state index < -0.39 is 23.8 Å². The minimum Gasteiger partial charge on any atom is -0.495 e. The lowest BCUT2D eigenvalue weighted by molar-refractivity contribution is -0.130. The number of methoxy groups -OCH3 is 1. The summed E-state index contributed by atoms with van der Waals surface area (Å²) in [6, 6.07) is 18.6. The molecule has 13 heteroatoms. The van der Waals surface area contributed by atoms with E-state index in [1.807, 2.05) is 6.07 Å². The fourth-order valence-corrected chi connectivity index (χ4v) is 5.46. The monoisotopic (exact) mass is 641 g/mol. The van der Waals surface area contributed by atoms with Crippen LogP contribution in [0.4, 0.5) is 20.2 Å². The molecule has 0 fully saturated rings. The number of carbonyl (C=O) groups is 3. The van der Waals surface area contributed by atoms with E-state index in [-0.39, 0.29) is 59.2 Å². The summed E-state index contributed by atoms with van der Waals surface area (Å²) in [6.45, 7) is 0.437. The van der Waals surface area contributed by atoms with Gasteiger partial charge in [0.15, 0.2) is 0 Å². The highest BCUT2D eigenvalue weighted by Gasteiger charge is 2.39. The lowest BCUT2D eigenvalue weighted by Crippen LogP contribution is -2.54. The molecule has 3 amide bonds. The molecule has 3 aromatic carbocycles. The van der Waals surface area contributed by atoms with Gasteiger partial charge in [-0.1, -0.05) is 42.5 Å². The van der Waals surface area contributed by atoms with Crippen molar-refractivity contribution in [2.75, 3.05) is 51.6 Å². The van der Waals surface area contributed by atoms with E-state index in [9.17, 15) is 19.6 Å². The number of aromatic nitrogens is 2. The molecular formula is C34H33F2N7O4. The van der Waals surface area contributed by atoms with Gasteiger partial charge in [0.05, 0.1) is 43.7 Å². The van der Waals surface area contributed by atoms with E-state index >= 15 is 8.78 Å². The molecule has 2 heterocycles. The molecular weight excluding hydrogens is 608 g/mol. The molecule has 1 aromatic heterocycles. The topological polar surface area (TPSA) is 124 Å². The Bertz CT molecular complexity index is 1840. The third-order valence-corrected chi connectivity index (χ3v) is 7.85. The van der Waals surface area contributed by atoms with Crippen molar-refractivity contribution in [3.05, 3.63) is 107 Å². The minimum absolute atomic E-state index is 0.0737. The van der Waals surface area contributed by atoms with Crippen LogP contribution in [0, 0.1) is 11.3 Å². The first-order valence-corrected chi connectivity index (χ1v) is 14.7. The standard InChI is InChI=1S/C34H33F2N7O4/c1-40(2)21-30(44)41(3)19-27-20-42-31(28(18-38-42)39-32(45)22-10-15-29(47-4)23(16-22)17-37)33(46)43(27)26-13-11-25(12-14-26)34(35,36)24-8-6-5-7-9-24/h5-16,18,27H,19-21H2,1-4H3,(H,39,45)/t27-/m0/s1. The maximum atomic E-state index is 15.3. The predicted molar refractivity (Wildman–Crippen MR) is 171 cm³/mol. The van der Waals surface area contributed by atoms with Crippen molar-refractivity contribution in [2.45, 2.75) is 18.5 Å². The smallest absolute Gasteiger partial charge is 0.298 e. The van der Waals surface area contributed by atoms with Crippen LogP contribution in [0.1, 0.15) is 37.5 Å². The summed E-state index contributed by atoms with van der Waals surface area (Å²) in [5, 5.41) is 16.5. The number of hydrogen-bond donors (Lipinski definition) is 1. The zero-order valence-corrected chi connectivity index (χ0v) is 26.3. The number of carbonyl (C=O) groups excluding carboxylic acids is 3. The highest BCUT2D eigenvalue weighted by molar-refractivity contribution is 6.13. The van der Waals surface area contributed by atoms with Crippen LogP contribution in [0.3, 0.4) is 0 Å². The zero-order chi connectivity index (χ0) is 33.9. The Morgan fingerprint density at radius 3 is 2.38 bits per heavy atom. The molecule has 1 aliphatic rings. The second-order valence-corrected chi connectivity index (χ2v) is 11.4. The fraction of sp³-hybridized carbons (Fsp3) is 0.265. The maximum Gasteiger partial charge on any atom is 0.298 e. The molecule has 47 heavy (non-hydrogen) atoms. The Balaban J connectivity index is 1.48. The third-order valence-electron chi connectivity index (χ3n) is 7.85. The van der Waals surface area contributed by atoms with Crippen molar-refractivity contribution in [3.63, 3.8) is 0 Å². The van der Waals surface area contributed by atoms with Gasteiger partial charge in [0.1, 0.15) is 17.5 Å². The van der Waals surface area contributed by atoms with E-state index in [1.165, 1.54) is 82.4 Å². The first kappa shape index (κ1) is 32.8. The van der Waals surface area contributed by atoms with Crippen LogP contribution >= 0.6 is 0 Å². The van der Waals surface area contributed by atoms with Crippen molar-refractivity contribution >= 4 is 29.1 Å². The van der Waals surface area contributed by atoms with Crippen LogP contribution in [0.5, 0.6) is 5.75 Å². The molecule has 1 atom stereocenters. The number of fused-ring (bicyclic) bond motifs is 1. The van der Waals surface area contributed by atoms with Crippen molar-refractivity contribution in [2.24, 2.45) is 0 Å². The molecule has 0 saturated carbocycles. The highest BCUT2D eigenvalue weighted by Crippen LogP contribution is 2.37. The highest BCUT2D eigenvalue weighted by atomic mass is 19.3. The summed E-state index contributed by atoms with van der Waals surface area (Å²) in [6.07, 6.45) is 1.35. The molecule has 0 aliphatic carbocycles. The van der Waals surface area contributed by atoms with Crippen LogP contribution in [-0.4, -0.2) is 84.7 Å². The molecule has 11 nitrogen and oxygen atoms in total. The van der Waals surface area contributed by atoms with Crippen molar-refractivity contribution in [1.29, 1.82) is 5.26 Å². The van der Waals surface area contributed by atoms with E-state index in [0.717, 1.165) is 0 Å². The van der Waals surface area contributed by atoms with E-state index in [0.29, 0.717) is 11.4 Å². The molecule has 4 aromatic rings. The molecule has 5 rings (SSSR count). The Labute approximate surface area is 270 Å². The number of hydrogen-bond acceptors (Lipinski definition) is 7. The Morgan fingerprint density at radius 2 is 1.74 bits per heavy atom. The number of amides is 3. The quantitative estimate of drug-likeness (QED) is 0.275. The summed E-state index contributed by atoms with van der Waals surface area (Å²) >= 11 is 0. The molecule has 0 radical (unpaired) electrons. The lowest BCUT2D eigenvalue weighted by atomic mass is 9.99. The number of alkyl halides is 2. The number of ether oxygens (including phenoxy) is 1. The summed E-state index contributed by atoms with van der Waals surface area (Å²) in [4.78, 5) is 45.0. The molecule has 0 unspecified atom stereocenters. The number of likely N-dealkylation sites (N-methyl/N-ethyl adjacent to an activating group) is 2. The Hall–Kier alpha value is -5.61. The van der Waals surface area contributed by atoms with Gasteiger partial charge in [-0.25, -0.2) is 0 Å². The second kappa shape index (κ2) is 13.4. The molecule has 242 valence electrons. The van der Waals surface area contributed by atoms with Gasteiger partial charge in [-0.2, -0.15) is 19.1 Å². The number of halogens is 2. The van der Waals surface area contributed by atoms with Crippen LogP contribution in [0.15, 0.2) is 79.0 Å². The Morgan fingerprint density at radius 1 is 1.06 bits per heavy atom. The summed E-state index contributed by atoms with van der Waals surface area (Å²) in [5.74, 6) is -4.26. The fourth-order valence-electron chi connectivity index (χ4n) is 5.46. The predicted octanol–water partition coefficient (Wildman–Crippen LogP) is 4.20. The first-order valence-electron chi connectivity index (χ1n) is 14.7. The van der Waals surface area contributed by atoms with Crippen LogP contribution < -0.4 is 15.0 Å². The van der Waals surface area contributed by atoms with Gasteiger partial charge >= 0.3 is 0 Å². The average molecular weight is 642 g/mol. The normalized spacial score (nSPS) is 14.4. The number of nitriles is 1. The van der Waals surface area contributed by atoms with Crippen molar-refractivity contribution in [3.8, 4) is 11.8 Å². The van der Waals surface area contributed by atoms with Crippen LogP contribution in [0.2, 0.25) is 0 Å². The molecule has 0 spiro atoms. The third kappa shape index (κ3) is 6.68. The van der Waals surface area contributed by atoms with Crippen molar-refractivity contribution in [1.82, 2.24) is 19.6 Å². The summed E-state index contributed by atoms with van der Waals surface area (Å²) in [7, 11) is 6.59. The Kier molecular flexibility index (Phi) is 9.34.